The Hall–Kier alpha value is -3.96. The van der Waals surface area contributed by atoms with Crippen LogP contribution in [-0.2, 0) is 23.9 Å². The van der Waals surface area contributed by atoms with Crippen LogP contribution in [-0.4, -0.2) is 42.3 Å². The van der Waals surface area contributed by atoms with Crippen LogP contribution in [0.4, 0.5) is 5.69 Å². The maximum absolute atomic E-state index is 12.8. The molecule has 12 nitrogen and oxygen atoms in total. The SMILES string of the molecule is COC(=O)C1=C(C)NC(C)=C(C(=O)OCCO[N+](=O)[O-])[C@H]1c1cccc([N+](=O)[O-])c1. The quantitative estimate of drug-likeness (QED) is 0.283. The third-order valence-electron chi connectivity index (χ3n) is 4.31. The summed E-state index contributed by atoms with van der Waals surface area (Å²) >= 11 is 0. The number of ether oxygens (including phenoxy) is 2. The van der Waals surface area contributed by atoms with Gasteiger partial charge in [0.25, 0.3) is 10.8 Å². The first-order valence-corrected chi connectivity index (χ1v) is 8.63. The number of esters is 2. The van der Waals surface area contributed by atoms with Crippen LogP contribution in [0.1, 0.15) is 25.3 Å². The van der Waals surface area contributed by atoms with Crippen molar-refractivity contribution in [2.75, 3.05) is 20.3 Å². The summed E-state index contributed by atoms with van der Waals surface area (Å²) in [5.74, 6) is -2.61. The largest absolute Gasteiger partial charge is 0.466 e. The van der Waals surface area contributed by atoms with E-state index in [9.17, 15) is 29.8 Å². The highest BCUT2D eigenvalue weighted by atomic mass is 17.0. The summed E-state index contributed by atoms with van der Waals surface area (Å²) in [5.41, 5.74) is 0.941. The number of carbonyl (C=O) groups is 2. The molecule has 0 bridgehead atoms. The number of non-ortho nitro benzene ring substituents is 1. The van der Waals surface area contributed by atoms with Gasteiger partial charge in [-0.05, 0) is 19.4 Å². The van der Waals surface area contributed by atoms with Crippen molar-refractivity contribution >= 4 is 17.6 Å². The summed E-state index contributed by atoms with van der Waals surface area (Å²) in [6, 6.07) is 5.50. The summed E-state index contributed by atoms with van der Waals surface area (Å²) in [6.45, 7) is 2.30. The van der Waals surface area contributed by atoms with Crippen molar-refractivity contribution in [2.45, 2.75) is 19.8 Å². The minimum atomic E-state index is -1.02. The number of rotatable bonds is 8. The zero-order chi connectivity index (χ0) is 22.4. The van der Waals surface area contributed by atoms with Crippen molar-refractivity contribution in [2.24, 2.45) is 0 Å². The predicted octanol–water partition coefficient (Wildman–Crippen LogP) is 1.75. The molecular weight excluding hydrogens is 402 g/mol. The van der Waals surface area contributed by atoms with Gasteiger partial charge in [0.15, 0.2) is 0 Å². The number of nitrogens with zero attached hydrogens (tertiary/aromatic N) is 2. The van der Waals surface area contributed by atoms with Crippen LogP contribution in [0.15, 0.2) is 46.8 Å². The van der Waals surface area contributed by atoms with Crippen molar-refractivity contribution in [1.82, 2.24) is 5.32 Å². The van der Waals surface area contributed by atoms with Crippen molar-refractivity contribution in [3.63, 3.8) is 0 Å². The first-order valence-electron chi connectivity index (χ1n) is 8.63. The number of nitro groups is 1. The van der Waals surface area contributed by atoms with Gasteiger partial charge in [0.05, 0.1) is 29.1 Å². The Bertz CT molecular complexity index is 952. The monoisotopic (exact) mass is 421 g/mol. The first-order chi connectivity index (χ1) is 14.2. The van der Waals surface area contributed by atoms with Crippen molar-refractivity contribution in [3.05, 3.63) is 72.6 Å². The lowest BCUT2D eigenvalue weighted by Crippen LogP contribution is -2.32. The van der Waals surface area contributed by atoms with Crippen molar-refractivity contribution < 1.29 is 33.9 Å². The summed E-state index contributed by atoms with van der Waals surface area (Å²) in [5, 5.41) is 23.3. The van der Waals surface area contributed by atoms with E-state index in [-0.39, 0.29) is 16.8 Å². The molecule has 30 heavy (non-hydrogen) atoms. The van der Waals surface area contributed by atoms with Gasteiger partial charge in [-0.25, -0.2) is 9.59 Å². The second kappa shape index (κ2) is 9.49. The zero-order valence-corrected chi connectivity index (χ0v) is 16.4. The summed E-state index contributed by atoms with van der Waals surface area (Å²) in [6.07, 6.45) is 0. The molecular formula is C18H19N3O9. The zero-order valence-electron chi connectivity index (χ0n) is 16.4. The van der Waals surface area contributed by atoms with Gasteiger partial charge in [-0.15, -0.1) is 10.1 Å². The Balaban J connectivity index is 2.49. The van der Waals surface area contributed by atoms with Gasteiger partial charge >= 0.3 is 11.9 Å². The van der Waals surface area contributed by atoms with Crippen molar-refractivity contribution in [3.8, 4) is 0 Å². The molecule has 0 unspecified atom stereocenters. The Morgan fingerprint density at radius 2 is 1.70 bits per heavy atom. The van der Waals surface area contributed by atoms with Crippen LogP contribution < -0.4 is 5.32 Å². The second-order valence-corrected chi connectivity index (χ2v) is 6.17. The highest BCUT2D eigenvalue weighted by molar-refractivity contribution is 5.99. The van der Waals surface area contributed by atoms with E-state index in [1.165, 1.54) is 31.4 Å². The third-order valence-corrected chi connectivity index (χ3v) is 4.31. The normalized spacial score (nSPS) is 15.9. The Morgan fingerprint density at radius 3 is 2.27 bits per heavy atom. The molecule has 1 aromatic rings. The van der Waals surface area contributed by atoms with Crippen LogP contribution in [0.3, 0.4) is 0 Å². The van der Waals surface area contributed by atoms with Crippen LogP contribution in [0.25, 0.3) is 0 Å². The number of methoxy groups -OCH3 is 1. The van der Waals surface area contributed by atoms with Gasteiger partial charge in [0, 0.05) is 23.5 Å². The fraction of sp³-hybridized carbons (Fsp3) is 0.333. The summed E-state index contributed by atoms with van der Waals surface area (Å²) < 4.78 is 9.89. The number of hydrogen-bond donors (Lipinski definition) is 1. The smallest absolute Gasteiger partial charge is 0.336 e. The minimum absolute atomic E-state index is 0.0163. The van der Waals surface area contributed by atoms with Gasteiger partial charge in [-0.3, -0.25) is 10.1 Å². The number of carbonyl (C=O) groups excluding carboxylic acids is 2. The van der Waals surface area contributed by atoms with E-state index in [0.29, 0.717) is 17.0 Å². The standard InChI is InChI=1S/C18H19N3O9/c1-10-14(17(22)28-3)16(12-5-4-6-13(9-12)20(24)25)15(11(2)19-10)18(23)29-7-8-30-21(26)27/h4-6,9,16,19H,7-8H2,1-3H3/t16-/m0/s1. The first kappa shape index (κ1) is 22.3. The van der Waals surface area contributed by atoms with Gasteiger partial charge in [-0.2, -0.15) is 0 Å². The average molecular weight is 421 g/mol. The predicted molar refractivity (Wildman–Crippen MR) is 100 cm³/mol. The fourth-order valence-electron chi connectivity index (χ4n) is 3.12. The van der Waals surface area contributed by atoms with Crippen LogP contribution in [0.2, 0.25) is 0 Å². The number of benzene rings is 1. The maximum Gasteiger partial charge on any atom is 0.336 e. The molecule has 0 fully saturated rings. The highest BCUT2D eigenvalue weighted by Crippen LogP contribution is 2.40. The van der Waals surface area contributed by atoms with E-state index >= 15 is 0 Å². The molecule has 12 heteroatoms. The molecule has 1 heterocycles. The van der Waals surface area contributed by atoms with E-state index in [2.05, 4.69) is 10.2 Å². The van der Waals surface area contributed by atoms with Gasteiger partial charge in [-0.1, -0.05) is 12.1 Å². The molecule has 0 amide bonds. The van der Waals surface area contributed by atoms with E-state index in [1.54, 1.807) is 13.8 Å². The second-order valence-electron chi connectivity index (χ2n) is 6.17. The van der Waals surface area contributed by atoms with E-state index < -0.39 is 41.1 Å². The molecule has 0 aliphatic carbocycles. The molecule has 1 aromatic carbocycles. The molecule has 0 aromatic heterocycles. The van der Waals surface area contributed by atoms with E-state index in [0.717, 1.165) is 0 Å². The lowest BCUT2D eigenvalue weighted by Gasteiger charge is -2.30. The highest BCUT2D eigenvalue weighted by Gasteiger charge is 2.38. The molecule has 1 atom stereocenters. The lowest BCUT2D eigenvalue weighted by atomic mass is 9.80. The molecule has 1 aliphatic heterocycles. The van der Waals surface area contributed by atoms with Crippen LogP contribution >= 0.6 is 0 Å². The average Bonchev–Trinajstić information content (AvgIpc) is 2.69. The number of allylic oxidation sites excluding steroid dienone is 2. The molecule has 0 spiro atoms. The number of nitro benzene ring substituents is 1. The Morgan fingerprint density at radius 1 is 1.07 bits per heavy atom. The number of dihydropyridines is 1. The molecule has 0 radical (unpaired) electrons. The molecule has 0 saturated heterocycles. The van der Waals surface area contributed by atoms with Gasteiger partial charge < -0.3 is 19.6 Å². The number of hydrogen-bond acceptors (Lipinski definition) is 10. The number of nitrogens with one attached hydrogen (secondary N) is 1. The van der Waals surface area contributed by atoms with Crippen LogP contribution in [0, 0.1) is 20.2 Å². The Kier molecular flexibility index (Phi) is 7.07. The third kappa shape index (κ3) is 4.90. The summed E-state index contributed by atoms with van der Waals surface area (Å²) in [4.78, 5) is 50.2. The maximum atomic E-state index is 12.8. The van der Waals surface area contributed by atoms with E-state index in [4.69, 9.17) is 9.47 Å². The minimum Gasteiger partial charge on any atom is -0.466 e. The fourth-order valence-corrected chi connectivity index (χ4v) is 3.12. The molecule has 1 N–H and O–H groups in total. The summed E-state index contributed by atoms with van der Waals surface area (Å²) in [7, 11) is 1.17. The topological polar surface area (TPSA) is 160 Å². The molecule has 0 saturated carbocycles. The lowest BCUT2D eigenvalue weighted by molar-refractivity contribution is -0.757. The molecule has 2 rings (SSSR count). The van der Waals surface area contributed by atoms with Gasteiger partial charge in [0.1, 0.15) is 13.2 Å². The molecule has 1 aliphatic rings. The van der Waals surface area contributed by atoms with Crippen molar-refractivity contribution in [1.29, 1.82) is 0 Å². The Labute approximate surface area is 170 Å². The molecule has 160 valence electrons. The van der Waals surface area contributed by atoms with E-state index in [1.807, 2.05) is 0 Å². The van der Waals surface area contributed by atoms with Gasteiger partial charge in [0.2, 0.25) is 0 Å². The van der Waals surface area contributed by atoms with Crippen LogP contribution in [0.5, 0.6) is 0 Å².